The number of esters is 1. The van der Waals surface area contributed by atoms with Crippen LogP contribution in [0.5, 0.6) is 5.88 Å². The predicted molar refractivity (Wildman–Crippen MR) is 107 cm³/mol. The van der Waals surface area contributed by atoms with Crippen LogP contribution >= 0.6 is 24.0 Å². The van der Waals surface area contributed by atoms with Crippen LogP contribution in [0.3, 0.4) is 0 Å². The van der Waals surface area contributed by atoms with Crippen LogP contribution in [0.4, 0.5) is 0 Å². The second-order valence-corrected chi connectivity index (χ2v) is 5.61. The number of carbonyl (C=O) groups excluding carboxylic acids is 1. The van der Waals surface area contributed by atoms with Gasteiger partial charge in [0, 0.05) is 26.2 Å². The number of hydrogen-bond acceptors (Lipinski definition) is 5. The van der Waals surface area contributed by atoms with Crippen molar-refractivity contribution in [3.8, 4) is 5.88 Å². The number of aliphatic imine (C=N–C) groups is 1. The number of nitrogens with zero attached hydrogens (tertiary/aromatic N) is 3. The SMILES string of the molecule is CCOC(=O)C1CCCN(C(=NC)NCc2cccc(OC)n2)C1.I. The van der Waals surface area contributed by atoms with E-state index in [1.54, 1.807) is 14.2 Å². The maximum Gasteiger partial charge on any atom is 0.310 e. The molecule has 0 amide bonds. The summed E-state index contributed by atoms with van der Waals surface area (Å²) in [6, 6.07) is 5.65. The number of likely N-dealkylation sites (tertiary alicyclic amines) is 1. The van der Waals surface area contributed by atoms with Crippen LogP contribution in [0, 0.1) is 5.92 Å². The third-order valence-corrected chi connectivity index (χ3v) is 3.97. The van der Waals surface area contributed by atoms with Gasteiger partial charge in [-0.15, -0.1) is 24.0 Å². The largest absolute Gasteiger partial charge is 0.481 e. The summed E-state index contributed by atoms with van der Waals surface area (Å²) in [5, 5.41) is 3.30. The zero-order valence-corrected chi connectivity index (χ0v) is 17.4. The summed E-state index contributed by atoms with van der Waals surface area (Å²) < 4.78 is 10.3. The first-order valence-corrected chi connectivity index (χ1v) is 8.30. The van der Waals surface area contributed by atoms with Gasteiger partial charge in [-0.25, -0.2) is 4.98 Å². The monoisotopic (exact) mass is 462 g/mol. The highest BCUT2D eigenvalue weighted by molar-refractivity contribution is 14.0. The average Bonchev–Trinajstić information content (AvgIpc) is 2.63. The summed E-state index contributed by atoms with van der Waals surface area (Å²) in [4.78, 5) is 22.8. The minimum absolute atomic E-state index is 0. The van der Waals surface area contributed by atoms with E-state index in [1.807, 2.05) is 25.1 Å². The lowest BCUT2D eigenvalue weighted by molar-refractivity contribution is -0.149. The van der Waals surface area contributed by atoms with Gasteiger partial charge in [-0.3, -0.25) is 9.79 Å². The van der Waals surface area contributed by atoms with E-state index in [1.165, 1.54) is 0 Å². The van der Waals surface area contributed by atoms with Gasteiger partial charge in [-0.05, 0) is 25.8 Å². The van der Waals surface area contributed by atoms with Crippen LogP contribution in [-0.2, 0) is 16.1 Å². The molecule has 7 nitrogen and oxygen atoms in total. The number of aromatic nitrogens is 1. The standard InChI is InChI=1S/C17H26N4O3.HI/c1-4-24-16(22)13-7-6-10-21(12-13)17(18-2)19-11-14-8-5-9-15(20-14)23-3;/h5,8-9,13H,4,6-7,10-12H2,1-3H3,(H,18,19);1H. The van der Waals surface area contributed by atoms with Gasteiger partial charge >= 0.3 is 5.97 Å². The molecule has 2 heterocycles. The molecule has 1 fully saturated rings. The van der Waals surface area contributed by atoms with Crippen molar-refractivity contribution in [2.75, 3.05) is 33.9 Å². The van der Waals surface area contributed by atoms with E-state index in [2.05, 4.69) is 20.2 Å². The van der Waals surface area contributed by atoms with Crippen molar-refractivity contribution >= 4 is 35.9 Å². The van der Waals surface area contributed by atoms with Crippen LogP contribution in [0.25, 0.3) is 0 Å². The first-order chi connectivity index (χ1) is 11.7. The Hall–Kier alpha value is -1.58. The number of methoxy groups -OCH3 is 1. The van der Waals surface area contributed by atoms with Crippen molar-refractivity contribution in [1.82, 2.24) is 15.2 Å². The van der Waals surface area contributed by atoms with Gasteiger partial charge in [-0.1, -0.05) is 6.07 Å². The lowest BCUT2D eigenvalue weighted by Gasteiger charge is -2.33. The Balaban J connectivity index is 0.00000312. The summed E-state index contributed by atoms with van der Waals surface area (Å²) in [6.07, 6.45) is 1.81. The van der Waals surface area contributed by atoms with Gasteiger partial charge in [0.1, 0.15) is 0 Å². The van der Waals surface area contributed by atoms with Crippen molar-refractivity contribution < 1.29 is 14.3 Å². The number of rotatable bonds is 5. The number of pyridine rings is 1. The maximum absolute atomic E-state index is 12.0. The molecule has 1 aromatic heterocycles. The second kappa shape index (κ2) is 11.1. The molecular formula is C17H27IN4O3. The third kappa shape index (κ3) is 6.33. The van der Waals surface area contributed by atoms with Crippen LogP contribution in [0.2, 0.25) is 0 Å². The van der Waals surface area contributed by atoms with E-state index in [0.717, 1.165) is 31.0 Å². The van der Waals surface area contributed by atoms with E-state index in [-0.39, 0.29) is 35.9 Å². The number of piperidine rings is 1. The van der Waals surface area contributed by atoms with Crippen molar-refractivity contribution in [2.24, 2.45) is 10.9 Å². The van der Waals surface area contributed by atoms with Crippen molar-refractivity contribution in [3.63, 3.8) is 0 Å². The minimum Gasteiger partial charge on any atom is -0.481 e. The van der Waals surface area contributed by atoms with Crippen molar-refractivity contribution in [2.45, 2.75) is 26.3 Å². The Labute approximate surface area is 166 Å². The Morgan fingerprint density at radius 3 is 2.96 bits per heavy atom. The number of guanidine groups is 1. The normalized spacial score (nSPS) is 17.5. The van der Waals surface area contributed by atoms with Crippen LogP contribution in [0.15, 0.2) is 23.2 Å². The van der Waals surface area contributed by atoms with E-state index < -0.39 is 0 Å². The molecule has 1 aromatic rings. The molecule has 1 atom stereocenters. The number of carbonyl (C=O) groups is 1. The molecule has 1 unspecified atom stereocenters. The molecule has 140 valence electrons. The smallest absolute Gasteiger partial charge is 0.310 e. The molecule has 0 aliphatic carbocycles. The topological polar surface area (TPSA) is 76.0 Å². The maximum atomic E-state index is 12.0. The fourth-order valence-corrected chi connectivity index (χ4v) is 2.79. The zero-order chi connectivity index (χ0) is 17.4. The number of ether oxygens (including phenoxy) is 2. The highest BCUT2D eigenvalue weighted by atomic mass is 127. The fraction of sp³-hybridized carbons (Fsp3) is 0.588. The number of nitrogens with one attached hydrogen (secondary N) is 1. The highest BCUT2D eigenvalue weighted by Gasteiger charge is 2.28. The molecule has 25 heavy (non-hydrogen) atoms. The summed E-state index contributed by atoms with van der Waals surface area (Å²) in [7, 11) is 3.34. The van der Waals surface area contributed by atoms with E-state index >= 15 is 0 Å². The average molecular weight is 462 g/mol. The quantitative estimate of drug-likeness (QED) is 0.313. The van der Waals surface area contributed by atoms with E-state index in [9.17, 15) is 4.79 Å². The Morgan fingerprint density at radius 1 is 1.48 bits per heavy atom. The summed E-state index contributed by atoms with van der Waals surface area (Å²) >= 11 is 0. The molecule has 2 rings (SSSR count). The van der Waals surface area contributed by atoms with Gasteiger partial charge in [-0.2, -0.15) is 0 Å². The van der Waals surface area contributed by atoms with Gasteiger partial charge in [0.25, 0.3) is 0 Å². The zero-order valence-electron chi connectivity index (χ0n) is 15.0. The molecular weight excluding hydrogens is 435 g/mol. The Morgan fingerprint density at radius 2 is 2.28 bits per heavy atom. The Bertz CT molecular complexity index is 583. The fourth-order valence-electron chi connectivity index (χ4n) is 2.79. The van der Waals surface area contributed by atoms with Gasteiger partial charge < -0.3 is 19.7 Å². The van der Waals surface area contributed by atoms with E-state index in [4.69, 9.17) is 9.47 Å². The summed E-state index contributed by atoms with van der Waals surface area (Å²) in [6.45, 7) is 4.31. The Kier molecular flexibility index (Phi) is 9.54. The molecule has 0 aromatic carbocycles. The van der Waals surface area contributed by atoms with Crippen molar-refractivity contribution in [3.05, 3.63) is 23.9 Å². The predicted octanol–water partition coefficient (Wildman–Crippen LogP) is 2.06. The van der Waals surface area contributed by atoms with Crippen LogP contribution in [0.1, 0.15) is 25.5 Å². The molecule has 8 heteroatoms. The van der Waals surface area contributed by atoms with Gasteiger partial charge in [0.15, 0.2) is 5.96 Å². The van der Waals surface area contributed by atoms with Crippen LogP contribution in [-0.4, -0.2) is 55.7 Å². The first-order valence-electron chi connectivity index (χ1n) is 8.30. The lowest BCUT2D eigenvalue weighted by atomic mass is 9.98. The number of halogens is 1. The molecule has 0 saturated carbocycles. The van der Waals surface area contributed by atoms with Crippen LogP contribution < -0.4 is 10.1 Å². The first kappa shape index (κ1) is 21.5. The minimum atomic E-state index is -0.118. The van der Waals surface area contributed by atoms with Gasteiger partial charge in [0.05, 0.1) is 31.9 Å². The molecule has 1 aliphatic rings. The summed E-state index contributed by atoms with van der Waals surface area (Å²) in [5.41, 5.74) is 0.870. The highest BCUT2D eigenvalue weighted by Crippen LogP contribution is 2.18. The molecule has 1 aliphatic heterocycles. The molecule has 0 spiro atoms. The lowest BCUT2D eigenvalue weighted by Crippen LogP contribution is -2.48. The molecule has 0 radical (unpaired) electrons. The van der Waals surface area contributed by atoms with Crippen molar-refractivity contribution in [1.29, 1.82) is 0 Å². The summed E-state index contributed by atoms with van der Waals surface area (Å²) in [5.74, 6) is 1.15. The van der Waals surface area contributed by atoms with E-state index in [0.29, 0.717) is 25.6 Å². The molecule has 1 saturated heterocycles. The van der Waals surface area contributed by atoms with Gasteiger partial charge in [0.2, 0.25) is 5.88 Å². The molecule has 1 N–H and O–H groups in total. The number of hydrogen-bond donors (Lipinski definition) is 1. The second-order valence-electron chi connectivity index (χ2n) is 5.61. The third-order valence-electron chi connectivity index (χ3n) is 3.97. The molecule has 0 bridgehead atoms.